The second-order valence-corrected chi connectivity index (χ2v) is 6.94. The Morgan fingerprint density at radius 1 is 1.19 bits per heavy atom. The Hall–Kier alpha value is -2.86. The molecular formula is C21H18BrNO4. The third kappa shape index (κ3) is 3.53. The molecule has 1 heterocycles. The number of carbonyl (C=O) groups excluding carboxylic acids is 2. The molecule has 1 aliphatic rings. The Kier molecular flexibility index (Phi) is 5.46. The number of ketones is 1. The lowest BCUT2D eigenvalue weighted by molar-refractivity contribution is -0.139. The summed E-state index contributed by atoms with van der Waals surface area (Å²) in [7, 11) is 1.56. The van der Waals surface area contributed by atoms with E-state index in [1.807, 2.05) is 0 Å². The molecule has 1 N–H and O–H groups in total. The van der Waals surface area contributed by atoms with Crippen molar-refractivity contribution >= 4 is 33.4 Å². The fourth-order valence-electron chi connectivity index (χ4n) is 3.10. The molecule has 0 aromatic heterocycles. The lowest BCUT2D eigenvalue weighted by Crippen LogP contribution is -2.29. The third-order valence-corrected chi connectivity index (χ3v) is 4.94. The van der Waals surface area contributed by atoms with Crippen molar-refractivity contribution in [2.45, 2.75) is 6.04 Å². The van der Waals surface area contributed by atoms with Gasteiger partial charge in [-0.05, 0) is 29.8 Å². The largest absolute Gasteiger partial charge is 0.507 e. The Labute approximate surface area is 165 Å². The molecule has 1 saturated heterocycles. The van der Waals surface area contributed by atoms with Gasteiger partial charge in [0.1, 0.15) is 11.5 Å². The van der Waals surface area contributed by atoms with E-state index in [0.717, 1.165) is 4.47 Å². The number of halogens is 1. The summed E-state index contributed by atoms with van der Waals surface area (Å²) in [4.78, 5) is 26.7. The molecular weight excluding hydrogens is 410 g/mol. The monoisotopic (exact) mass is 427 g/mol. The number of amides is 1. The first-order chi connectivity index (χ1) is 13.0. The maximum atomic E-state index is 12.7. The zero-order valence-corrected chi connectivity index (χ0v) is 16.3. The molecule has 27 heavy (non-hydrogen) atoms. The molecule has 6 heteroatoms. The Bertz CT molecular complexity index is 916. The predicted molar refractivity (Wildman–Crippen MR) is 106 cm³/mol. The van der Waals surface area contributed by atoms with Gasteiger partial charge in [0.05, 0.1) is 18.7 Å². The standard InChI is InChI=1S/C21H18BrNO4/c1-3-12-23-18(13-6-10-16(27-2)11-7-13)17(20(25)21(23)26)19(24)14-4-8-15(22)9-5-14/h3-11,18,24H,1,12H2,2H3/b19-17-. The van der Waals surface area contributed by atoms with Crippen molar-refractivity contribution in [3.8, 4) is 5.75 Å². The van der Waals surface area contributed by atoms with E-state index in [2.05, 4.69) is 22.5 Å². The summed E-state index contributed by atoms with van der Waals surface area (Å²) in [5.41, 5.74) is 1.23. The smallest absolute Gasteiger partial charge is 0.295 e. The van der Waals surface area contributed by atoms with E-state index in [0.29, 0.717) is 16.9 Å². The van der Waals surface area contributed by atoms with Gasteiger partial charge in [0.2, 0.25) is 0 Å². The molecule has 0 radical (unpaired) electrons. The van der Waals surface area contributed by atoms with Crippen LogP contribution in [-0.4, -0.2) is 35.4 Å². The van der Waals surface area contributed by atoms with Crippen molar-refractivity contribution in [1.82, 2.24) is 4.90 Å². The highest BCUT2D eigenvalue weighted by atomic mass is 79.9. The van der Waals surface area contributed by atoms with Gasteiger partial charge >= 0.3 is 0 Å². The lowest BCUT2D eigenvalue weighted by atomic mass is 9.95. The fraction of sp³-hybridized carbons (Fsp3) is 0.143. The van der Waals surface area contributed by atoms with Gasteiger partial charge in [0, 0.05) is 16.6 Å². The van der Waals surface area contributed by atoms with Crippen molar-refractivity contribution < 1.29 is 19.4 Å². The van der Waals surface area contributed by atoms with Crippen molar-refractivity contribution in [2.24, 2.45) is 0 Å². The number of ether oxygens (including phenoxy) is 1. The van der Waals surface area contributed by atoms with Crippen LogP contribution in [0.3, 0.4) is 0 Å². The quantitative estimate of drug-likeness (QED) is 0.338. The van der Waals surface area contributed by atoms with Gasteiger partial charge in [-0.3, -0.25) is 9.59 Å². The summed E-state index contributed by atoms with van der Waals surface area (Å²) in [6.07, 6.45) is 1.56. The zero-order chi connectivity index (χ0) is 19.6. The summed E-state index contributed by atoms with van der Waals surface area (Å²) >= 11 is 3.34. The van der Waals surface area contributed by atoms with Crippen LogP contribution in [0.4, 0.5) is 0 Å². The number of methoxy groups -OCH3 is 1. The first kappa shape index (κ1) is 18.9. The maximum Gasteiger partial charge on any atom is 0.295 e. The minimum Gasteiger partial charge on any atom is -0.507 e. The van der Waals surface area contributed by atoms with Crippen LogP contribution < -0.4 is 4.74 Å². The number of hydrogen-bond donors (Lipinski definition) is 1. The number of aliphatic hydroxyl groups excluding tert-OH is 1. The van der Waals surface area contributed by atoms with E-state index in [4.69, 9.17) is 4.74 Å². The topological polar surface area (TPSA) is 66.8 Å². The number of benzene rings is 2. The summed E-state index contributed by atoms with van der Waals surface area (Å²) in [6.45, 7) is 3.86. The van der Waals surface area contributed by atoms with E-state index in [1.54, 1.807) is 61.7 Å². The number of aliphatic hydroxyl groups is 1. The number of Topliss-reactive ketones (excluding diaryl/α,β-unsaturated/α-hetero) is 1. The molecule has 2 aromatic rings. The number of carbonyl (C=O) groups is 2. The van der Waals surface area contributed by atoms with Crippen LogP contribution in [0, 0.1) is 0 Å². The summed E-state index contributed by atoms with van der Waals surface area (Å²) in [5, 5.41) is 10.8. The molecule has 0 aliphatic carbocycles. The highest BCUT2D eigenvalue weighted by molar-refractivity contribution is 9.10. The number of hydrogen-bond acceptors (Lipinski definition) is 4. The highest BCUT2D eigenvalue weighted by Crippen LogP contribution is 2.39. The van der Waals surface area contributed by atoms with Crippen LogP contribution in [0.25, 0.3) is 5.76 Å². The second kappa shape index (κ2) is 7.80. The average Bonchev–Trinajstić information content (AvgIpc) is 2.93. The minimum atomic E-state index is -0.710. The molecule has 0 spiro atoms. The lowest BCUT2D eigenvalue weighted by Gasteiger charge is -2.24. The van der Waals surface area contributed by atoms with Crippen LogP contribution in [0.2, 0.25) is 0 Å². The molecule has 0 saturated carbocycles. The van der Waals surface area contributed by atoms with E-state index in [-0.39, 0.29) is 17.9 Å². The second-order valence-electron chi connectivity index (χ2n) is 6.02. The minimum absolute atomic E-state index is 0.0642. The summed E-state index contributed by atoms with van der Waals surface area (Å²) in [6, 6.07) is 13.3. The van der Waals surface area contributed by atoms with E-state index in [9.17, 15) is 14.7 Å². The third-order valence-electron chi connectivity index (χ3n) is 4.41. The van der Waals surface area contributed by atoms with Gasteiger partial charge in [0.15, 0.2) is 0 Å². The number of nitrogens with zero attached hydrogens (tertiary/aromatic N) is 1. The zero-order valence-electron chi connectivity index (χ0n) is 14.7. The first-order valence-electron chi connectivity index (χ1n) is 8.27. The van der Waals surface area contributed by atoms with Crippen LogP contribution in [0.15, 0.2) is 71.2 Å². The Morgan fingerprint density at radius 3 is 2.37 bits per heavy atom. The van der Waals surface area contributed by atoms with Gasteiger partial charge in [-0.15, -0.1) is 6.58 Å². The molecule has 1 amide bonds. The van der Waals surface area contributed by atoms with Gasteiger partial charge < -0.3 is 14.7 Å². The van der Waals surface area contributed by atoms with Crippen LogP contribution in [0.5, 0.6) is 5.75 Å². The Balaban J connectivity index is 2.16. The van der Waals surface area contributed by atoms with Crippen LogP contribution >= 0.6 is 15.9 Å². The molecule has 1 unspecified atom stereocenters. The Morgan fingerprint density at radius 2 is 1.81 bits per heavy atom. The number of rotatable bonds is 5. The van der Waals surface area contributed by atoms with Gasteiger partial charge in [-0.25, -0.2) is 0 Å². The normalized spacial score (nSPS) is 18.6. The molecule has 5 nitrogen and oxygen atoms in total. The molecule has 138 valence electrons. The molecule has 0 bridgehead atoms. The maximum absolute atomic E-state index is 12.7. The van der Waals surface area contributed by atoms with Crippen molar-refractivity contribution in [2.75, 3.05) is 13.7 Å². The van der Waals surface area contributed by atoms with Gasteiger partial charge in [-0.2, -0.15) is 0 Å². The fourth-order valence-corrected chi connectivity index (χ4v) is 3.37. The van der Waals surface area contributed by atoms with E-state index < -0.39 is 17.7 Å². The van der Waals surface area contributed by atoms with Crippen molar-refractivity contribution in [3.63, 3.8) is 0 Å². The molecule has 1 aliphatic heterocycles. The summed E-state index contributed by atoms with van der Waals surface area (Å²) < 4.78 is 6.02. The molecule has 1 fully saturated rings. The predicted octanol–water partition coefficient (Wildman–Crippen LogP) is 4.07. The van der Waals surface area contributed by atoms with Crippen LogP contribution in [0.1, 0.15) is 17.2 Å². The first-order valence-corrected chi connectivity index (χ1v) is 9.06. The van der Waals surface area contributed by atoms with Crippen molar-refractivity contribution in [3.05, 3.63) is 82.4 Å². The highest BCUT2D eigenvalue weighted by Gasteiger charge is 2.45. The number of likely N-dealkylation sites (tertiary alicyclic amines) is 1. The SMILES string of the molecule is C=CCN1C(=O)C(=O)/C(=C(\O)c2ccc(Br)cc2)C1c1ccc(OC)cc1. The molecule has 1 atom stereocenters. The van der Waals surface area contributed by atoms with Crippen molar-refractivity contribution in [1.29, 1.82) is 0 Å². The molecule has 2 aromatic carbocycles. The van der Waals surface area contributed by atoms with Crippen LogP contribution in [-0.2, 0) is 9.59 Å². The van der Waals surface area contributed by atoms with Gasteiger partial charge in [0.25, 0.3) is 11.7 Å². The van der Waals surface area contributed by atoms with E-state index in [1.165, 1.54) is 4.90 Å². The molecule has 3 rings (SSSR count). The van der Waals surface area contributed by atoms with Gasteiger partial charge in [-0.1, -0.05) is 46.3 Å². The van der Waals surface area contributed by atoms with E-state index >= 15 is 0 Å². The average molecular weight is 428 g/mol. The summed E-state index contributed by atoms with van der Waals surface area (Å²) in [5.74, 6) is -0.909.